The van der Waals surface area contributed by atoms with E-state index in [0.717, 1.165) is 4.31 Å². The molecule has 0 radical (unpaired) electrons. The molecule has 2 aromatic heterocycles. The van der Waals surface area contributed by atoms with Crippen LogP contribution < -0.4 is 5.32 Å². The van der Waals surface area contributed by atoms with Gasteiger partial charge in [-0.2, -0.15) is 0 Å². The van der Waals surface area contributed by atoms with Gasteiger partial charge in [0.25, 0.3) is 5.91 Å². The number of furan rings is 1. The van der Waals surface area contributed by atoms with Gasteiger partial charge in [-0.15, -0.1) is 11.3 Å². The number of thiazole rings is 1. The molecule has 130 valence electrons. The Hall–Kier alpha value is -2.49. The zero-order valence-corrected chi connectivity index (χ0v) is 15.1. The third-order valence-corrected chi connectivity index (χ3v) is 6.01. The number of carbonyl (C=O) groups excluding carboxylic acids is 1. The van der Waals surface area contributed by atoms with Gasteiger partial charge in [0, 0.05) is 25.2 Å². The van der Waals surface area contributed by atoms with Gasteiger partial charge in [-0.05, 0) is 30.3 Å². The van der Waals surface area contributed by atoms with E-state index in [1.54, 1.807) is 29.6 Å². The van der Waals surface area contributed by atoms with E-state index in [2.05, 4.69) is 10.3 Å². The van der Waals surface area contributed by atoms with Gasteiger partial charge in [0.1, 0.15) is 5.69 Å². The number of rotatable bonds is 5. The van der Waals surface area contributed by atoms with E-state index in [4.69, 9.17) is 4.42 Å². The van der Waals surface area contributed by atoms with E-state index in [1.165, 1.54) is 43.8 Å². The van der Waals surface area contributed by atoms with Crippen LogP contribution in [0.5, 0.6) is 0 Å². The molecule has 0 spiro atoms. The number of hydrogen-bond donors (Lipinski definition) is 1. The number of aromatic nitrogens is 1. The van der Waals surface area contributed by atoms with Crippen molar-refractivity contribution in [3.8, 4) is 10.8 Å². The molecule has 3 aromatic rings. The number of nitrogens with zero attached hydrogens (tertiary/aromatic N) is 2. The van der Waals surface area contributed by atoms with Gasteiger partial charge in [0.15, 0.2) is 10.8 Å². The molecule has 0 saturated heterocycles. The summed E-state index contributed by atoms with van der Waals surface area (Å²) < 4.78 is 30.7. The molecule has 1 N–H and O–H groups in total. The minimum Gasteiger partial charge on any atom is -0.462 e. The van der Waals surface area contributed by atoms with Crippen LogP contribution >= 0.6 is 11.3 Å². The van der Waals surface area contributed by atoms with E-state index in [-0.39, 0.29) is 10.6 Å². The first-order chi connectivity index (χ1) is 11.9. The van der Waals surface area contributed by atoms with E-state index in [9.17, 15) is 13.2 Å². The van der Waals surface area contributed by atoms with Crippen LogP contribution in [0.15, 0.2) is 57.4 Å². The lowest BCUT2D eigenvalue weighted by molar-refractivity contribution is 0.102. The maximum atomic E-state index is 12.3. The molecule has 0 saturated carbocycles. The van der Waals surface area contributed by atoms with Crippen molar-refractivity contribution in [2.45, 2.75) is 4.90 Å². The monoisotopic (exact) mass is 377 g/mol. The van der Waals surface area contributed by atoms with Crippen LogP contribution in [0.2, 0.25) is 0 Å². The van der Waals surface area contributed by atoms with Crippen molar-refractivity contribution in [1.82, 2.24) is 9.29 Å². The molecule has 0 bridgehead atoms. The standard InChI is InChI=1S/C16H15N3O4S2/c1-19(2)25(21,22)12-6-3-5-11(9-12)17-15(20)13-10-24-16(18-13)14-7-4-8-23-14/h3-10H,1-2H3,(H,17,20). The molecule has 2 heterocycles. The SMILES string of the molecule is CN(C)S(=O)(=O)c1cccc(NC(=O)c2csc(-c3ccco3)n2)c1. The van der Waals surface area contributed by atoms with E-state index in [0.29, 0.717) is 16.5 Å². The van der Waals surface area contributed by atoms with Crippen molar-refractivity contribution in [3.63, 3.8) is 0 Å². The zero-order chi connectivity index (χ0) is 18.0. The Morgan fingerprint density at radius 1 is 1.24 bits per heavy atom. The van der Waals surface area contributed by atoms with Gasteiger partial charge in [0.05, 0.1) is 11.2 Å². The summed E-state index contributed by atoms with van der Waals surface area (Å²) in [5.41, 5.74) is 0.609. The summed E-state index contributed by atoms with van der Waals surface area (Å²) in [6, 6.07) is 9.58. The maximum absolute atomic E-state index is 12.3. The first-order valence-corrected chi connectivity index (χ1v) is 9.53. The van der Waals surface area contributed by atoms with E-state index in [1.807, 2.05) is 0 Å². The molecule has 0 unspecified atom stereocenters. The Morgan fingerprint density at radius 3 is 2.72 bits per heavy atom. The van der Waals surface area contributed by atoms with Crippen molar-refractivity contribution in [1.29, 1.82) is 0 Å². The summed E-state index contributed by atoms with van der Waals surface area (Å²) in [6.07, 6.45) is 1.53. The lowest BCUT2D eigenvalue weighted by atomic mass is 10.3. The summed E-state index contributed by atoms with van der Waals surface area (Å²) in [4.78, 5) is 16.7. The normalized spacial score (nSPS) is 11.6. The fourth-order valence-corrected chi connectivity index (χ4v) is 3.75. The Morgan fingerprint density at radius 2 is 2.04 bits per heavy atom. The molecule has 1 amide bonds. The van der Waals surface area contributed by atoms with Crippen LogP contribution in [-0.4, -0.2) is 37.7 Å². The summed E-state index contributed by atoms with van der Waals surface area (Å²) in [7, 11) is -0.668. The second kappa shape index (κ2) is 6.79. The number of carbonyl (C=O) groups is 1. The lowest BCUT2D eigenvalue weighted by Crippen LogP contribution is -2.22. The van der Waals surface area contributed by atoms with Crippen LogP contribution in [0.1, 0.15) is 10.5 Å². The molecule has 0 fully saturated rings. The number of sulfonamides is 1. The minimum atomic E-state index is -3.57. The molecule has 9 heteroatoms. The summed E-state index contributed by atoms with van der Waals surface area (Å²) >= 11 is 1.29. The second-order valence-corrected chi connectivity index (χ2v) is 8.29. The Balaban J connectivity index is 1.80. The lowest BCUT2D eigenvalue weighted by Gasteiger charge is -2.12. The van der Waals surface area contributed by atoms with Crippen molar-refractivity contribution < 1.29 is 17.6 Å². The fraction of sp³-hybridized carbons (Fsp3) is 0.125. The largest absolute Gasteiger partial charge is 0.462 e. The maximum Gasteiger partial charge on any atom is 0.275 e. The van der Waals surface area contributed by atoms with Crippen LogP contribution in [-0.2, 0) is 10.0 Å². The highest BCUT2D eigenvalue weighted by Gasteiger charge is 2.18. The van der Waals surface area contributed by atoms with Gasteiger partial charge < -0.3 is 9.73 Å². The molecule has 0 atom stereocenters. The highest BCUT2D eigenvalue weighted by molar-refractivity contribution is 7.89. The highest BCUT2D eigenvalue weighted by Crippen LogP contribution is 2.24. The number of benzene rings is 1. The van der Waals surface area contributed by atoms with Gasteiger partial charge in [0.2, 0.25) is 10.0 Å². The molecule has 1 aromatic carbocycles. The smallest absolute Gasteiger partial charge is 0.275 e. The van der Waals surface area contributed by atoms with Gasteiger partial charge in [-0.3, -0.25) is 4.79 Å². The average molecular weight is 377 g/mol. The molecule has 0 aliphatic rings. The molecular weight excluding hydrogens is 362 g/mol. The third kappa shape index (κ3) is 3.63. The Kier molecular flexibility index (Phi) is 4.71. The van der Waals surface area contributed by atoms with Crippen molar-refractivity contribution in [2.24, 2.45) is 0 Å². The Labute approximate surface area is 149 Å². The second-order valence-electron chi connectivity index (χ2n) is 5.28. The molecule has 0 aliphatic carbocycles. The highest BCUT2D eigenvalue weighted by atomic mass is 32.2. The number of nitrogens with one attached hydrogen (secondary N) is 1. The first kappa shape index (κ1) is 17.3. The third-order valence-electron chi connectivity index (χ3n) is 3.34. The molecule has 3 rings (SSSR count). The van der Waals surface area contributed by atoms with Gasteiger partial charge in [-0.1, -0.05) is 6.07 Å². The minimum absolute atomic E-state index is 0.102. The van der Waals surface area contributed by atoms with Crippen LogP contribution in [0, 0.1) is 0 Å². The van der Waals surface area contributed by atoms with Gasteiger partial charge >= 0.3 is 0 Å². The fourth-order valence-electron chi connectivity index (χ4n) is 2.03. The molecule has 7 nitrogen and oxygen atoms in total. The summed E-state index contributed by atoms with van der Waals surface area (Å²) in [5, 5.41) is 4.87. The Bertz CT molecular complexity index is 992. The van der Waals surface area contributed by atoms with Crippen LogP contribution in [0.3, 0.4) is 0 Å². The van der Waals surface area contributed by atoms with Gasteiger partial charge in [-0.25, -0.2) is 17.7 Å². The molecule has 0 aliphatic heterocycles. The predicted octanol–water partition coefficient (Wildman–Crippen LogP) is 2.91. The number of amides is 1. The molecular formula is C16H15N3O4S2. The van der Waals surface area contributed by atoms with Crippen LogP contribution in [0.4, 0.5) is 5.69 Å². The first-order valence-electron chi connectivity index (χ1n) is 7.21. The quantitative estimate of drug-likeness (QED) is 0.738. The van der Waals surface area contributed by atoms with Crippen molar-refractivity contribution >= 4 is 33.0 Å². The number of anilines is 1. The summed E-state index contributed by atoms with van der Waals surface area (Å²) in [5.74, 6) is 0.164. The van der Waals surface area contributed by atoms with Crippen LogP contribution in [0.25, 0.3) is 10.8 Å². The topological polar surface area (TPSA) is 92.5 Å². The predicted molar refractivity (Wildman–Crippen MR) is 95.1 cm³/mol. The zero-order valence-electron chi connectivity index (χ0n) is 13.5. The van der Waals surface area contributed by atoms with E-state index >= 15 is 0 Å². The van der Waals surface area contributed by atoms with Crippen molar-refractivity contribution in [3.05, 3.63) is 53.7 Å². The van der Waals surface area contributed by atoms with Crippen molar-refractivity contribution in [2.75, 3.05) is 19.4 Å². The number of hydrogen-bond acceptors (Lipinski definition) is 6. The molecule has 25 heavy (non-hydrogen) atoms. The summed E-state index contributed by atoms with van der Waals surface area (Å²) in [6.45, 7) is 0. The average Bonchev–Trinajstić information content (AvgIpc) is 3.26. The van der Waals surface area contributed by atoms with E-state index < -0.39 is 15.9 Å².